The molecule has 262 valence electrons. The molecule has 0 saturated carbocycles. The van der Waals surface area contributed by atoms with Crippen LogP contribution in [-0.2, 0) is 4.57 Å². The number of piperazine rings is 1. The normalized spacial score (nSPS) is 14.9. The third-order valence-corrected chi connectivity index (χ3v) is 10.5. The summed E-state index contributed by atoms with van der Waals surface area (Å²) in [5, 5.41) is 18.1. The molecule has 6 rings (SSSR count). The predicted molar refractivity (Wildman–Crippen MR) is 204 cm³/mol. The van der Waals surface area contributed by atoms with Crippen molar-refractivity contribution in [3.05, 3.63) is 60.7 Å². The first-order valence-electron chi connectivity index (χ1n) is 16.3. The number of aromatic nitrogens is 5. The number of hydrogen-bond donors (Lipinski definition) is 5. The van der Waals surface area contributed by atoms with Crippen molar-refractivity contribution in [1.29, 1.82) is 0 Å². The molecule has 6 N–H and O–H groups in total. The summed E-state index contributed by atoms with van der Waals surface area (Å²) in [5.41, 5.74) is 11.5. The van der Waals surface area contributed by atoms with Crippen molar-refractivity contribution in [3.8, 4) is 5.75 Å². The first-order valence-corrected chi connectivity index (χ1v) is 18.9. The molecular formula is C35H44N11O3P. The fraction of sp³-hybridized carbons (Fsp3) is 0.343. The summed E-state index contributed by atoms with van der Waals surface area (Å²) in [5.74, 6) is 1.40. The number of aliphatic hydroxyl groups excluding tert-OH is 1. The maximum Gasteiger partial charge on any atom is 0.231 e. The zero-order valence-corrected chi connectivity index (χ0v) is 30.1. The largest absolute Gasteiger partial charge is 0.494 e. The first-order chi connectivity index (χ1) is 24.0. The Balaban J connectivity index is 1.40. The predicted octanol–water partition coefficient (Wildman–Crippen LogP) is 4.54. The van der Waals surface area contributed by atoms with E-state index in [-0.39, 0.29) is 12.1 Å². The summed E-state index contributed by atoms with van der Waals surface area (Å²) in [6, 6.07) is 9.55. The number of hydrogen-bond acceptors (Lipinski definition) is 13. The molecule has 0 aliphatic carbocycles. The van der Waals surface area contributed by atoms with Crippen molar-refractivity contribution in [1.82, 2.24) is 29.8 Å². The van der Waals surface area contributed by atoms with Crippen molar-refractivity contribution >= 4 is 75.1 Å². The standard InChI is InChI=1S/C35H44N11O3P/c1-35(2,21-47)46-15-13-45(14-16-46)28-18-29(49-4)27(17-24(28)22(19-36)20-37-3)42-34-43-32-23(9-10-40-32)33(44-34)41-26-8-7-25-30(39-12-11-38-25)31(26)50(5,6)48/h7-12,17-20,47H,13-16,21,36H2,1-6H3,(H3,40,41,42,43,44). The zero-order valence-electron chi connectivity index (χ0n) is 29.2. The third kappa shape index (κ3) is 6.87. The van der Waals surface area contributed by atoms with E-state index in [9.17, 15) is 9.67 Å². The number of aromatic amines is 1. The van der Waals surface area contributed by atoms with E-state index < -0.39 is 7.14 Å². The molecule has 0 atom stereocenters. The average molecular weight is 698 g/mol. The minimum Gasteiger partial charge on any atom is -0.494 e. The number of nitrogens with one attached hydrogen (secondary N) is 3. The lowest BCUT2D eigenvalue weighted by Gasteiger charge is -2.44. The summed E-state index contributed by atoms with van der Waals surface area (Å²) in [6.45, 7) is 10.7. The second kappa shape index (κ2) is 14.1. The van der Waals surface area contributed by atoms with Gasteiger partial charge in [-0.2, -0.15) is 9.97 Å². The fourth-order valence-corrected chi connectivity index (χ4v) is 7.72. The lowest BCUT2D eigenvalue weighted by atomic mass is 10.00. The van der Waals surface area contributed by atoms with Gasteiger partial charge < -0.3 is 40.7 Å². The summed E-state index contributed by atoms with van der Waals surface area (Å²) in [6.07, 6.45) is 8.29. The Bertz CT molecular complexity index is 2130. The molecule has 3 aromatic heterocycles. The molecule has 14 nitrogen and oxygen atoms in total. The van der Waals surface area contributed by atoms with E-state index in [1.807, 2.05) is 30.3 Å². The molecule has 5 aromatic rings. The first kappa shape index (κ1) is 34.8. The molecule has 0 bridgehead atoms. The lowest BCUT2D eigenvalue weighted by molar-refractivity contribution is 0.0527. The van der Waals surface area contributed by atoms with E-state index in [2.05, 4.69) is 54.2 Å². The van der Waals surface area contributed by atoms with Crippen molar-refractivity contribution < 1.29 is 14.4 Å². The Morgan fingerprint density at radius 2 is 1.86 bits per heavy atom. The number of nitrogens with two attached hydrogens (primary N) is 1. The number of aliphatic imine (C=N–C) groups is 1. The van der Waals surface area contributed by atoms with Crippen LogP contribution in [-0.4, -0.2) is 107 Å². The van der Waals surface area contributed by atoms with E-state index in [0.717, 1.165) is 48.4 Å². The SMILES string of the molecule is CN=CC(=CN)c1cc(Nc2nc(Nc3ccc4nccnc4c3P(C)(C)=O)c3cc[nH]c3n2)c(OC)cc1N1CCN(C(C)(C)CO)CC1. The van der Waals surface area contributed by atoms with Gasteiger partial charge in [0, 0.05) is 92.7 Å². The Hall–Kier alpha value is -5.04. The van der Waals surface area contributed by atoms with Gasteiger partial charge in [-0.05, 0) is 51.4 Å². The van der Waals surface area contributed by atoms with Gasteiger partial charge in [0.2, 0.25) is 5.95 Å². The van der Waals surface area contributed by atoms with Gasteiger partial charge in [-0.25, -0.2) is 0 Å². The number of aliphatic hydroxyl groups is 1. The van der Waals surface area contributed by atoms with Crippen LogP contribution in [0.5, 0.6) is 5.75 Å². The number of fused-ring (bicyclic) bond motifs is 2. The smallest absolute Gasteiger partial charge is 0.231 e. The number of ether oxygens (including phenoxy) is 1. The van der Waals surface area contributed by atoms with Gasteiger partial charge in [-0.3, -0.25) is 19.9 Å². The molecule has 1 fully saturated rings. The van der Waals surface area contributed by atoms with Crippen molar-refractivity contribution in [2.45, 2.75) is 19.4 Å². The average Bonchev–Trinajstić information content (AvgIpc) is 3.59. The Kier molecular flexibility index (Phi) is 9.79. The number of anilines is 5. The van der Waals surface area contributed by atoms with Crippen molar-refractivity contribution in [3.63, 3.8) is 0 Å². The highest BCUT2D eigenvalue weighted by molar-refractivity contribution is 7.71. The summed E-state index contributed by atoms with van der Waals surface area (Å²) in [4.78, 5) is 30.6. The van der Waals surface area contributed by atoms with Crippen molar-refractivity contribution in [2.24, 2.45) is 10.7 Å². The second-order valence-corrected chi connectivity index (χ2v) is 16.3. The van der Waals surface area contributed by atoms with Gasteiger partial charge in [0.15, 0.2) is 0 Å². The van der Waals surface area contributed by atoms with Gasteiger partial charge in [-0.1, -0.05) is 0 Å². The molecule has 15 heteroatoms. The molecule has 1 aliphatic heterocycles. The fourth-order valence-electron chi connectivity index (χ4n) is 6.33. The van der Waals surface area contributed by atoms with Crippen LogP contribution in [0.3, 0.4) is 0 Å². The minimum absolute atomic E-state index is 0.0865. The van der Waals surface area contributed by atoms with E-state index >= 15 is 0 Å². The van der Waals surface area contributed by atoms with Gasteiger partial charge >= 0.3 is 0 Å². The Morgan fingerprint density at radius 1 is 1.10 bits per heavy atom. The van der Waals surface area contributed by atoms with E-state index in [1.54, 1.807) is 58.5 Å². The molecule has 1 saturated heterocycles. The van der Waals surface area contributed by atoms with Gasteiger partial charge in [0.1, 0.15) is 29.9 Å². The number of H-pyrrole nitrogens is 1. The van der Waals surface area contributed by atoms with Gasteiger partial charge in [0.25, 0.3) is 0 Å². The van der Waals surface area contributed by atoms with E-state index in [4.69, 9.17) is 20.4 Å². The number of benzene rings is 2. The van der Waals surface area contributed by atoms with E-state index in [0.29, 0.717) is 50.9 Å². The highest BCUT2D eigenvalue weighted by atomic mass is 31.2. The number of methoxy groups -OCH3 is 1. The molecule has 2 aromatic carbocycles. The number of nitrogens with zero attached hydrogens (tertiary/aromatic N) is 7. The minimum atomic E-state index is -2.81. The Labute approximate surface area is 291 Å². The van der Waals surface area contributed by atoms with Crippen LogP contribution in [0.2, 0.25) is 0 Å². The summed E-state index contributed by atoms with van der Waals surface area (Å²) in [7, 11) is 0.523. The second-order valence-electron chi connectivity index (χ2n) is 13.1. The number of allylic oxidation sites excluding steroid dienone is 1. The van der Waals surface area contributed by atoms with Crippen LogP contribution in [0.4, 0.5) is 28.8 Å². The van der Waals surface area contributed by atoms with E-state index in [1.165, 1.54) is 0 Å². The molecule has 4 heterocycles. The highest BCUT2D eigenvalue weighted by Crippen LogP contribution is 2.42. The summed E-state index contributed by atoms with van der Waals surface area (Å²) >= 11 is 0. The Morgan fingerprint density at radius 3 is 2.54 bits per heavy atom. The molecule has 0 unspecified atom stereocenters. The number of rotatable bonds is 11. The molecule has 1 aliphatic rings. The molecule has 50 heavy (non-hydrogen) atoms. The van der Waals surface area contributed by atoms with Crippen LogP contribution in [0.15, 0.2) is 60.1 Å². The van der Waals surface area contributed by atoms with Gasteiger partial charge in [0.05, 0.1) is 41.3 Å². The topological polar surface area (TPSA) is 183 Å². The maximum absolute atomic E-state index is 13.6. The third-order valence-electron chi connectivity index (χ3n) is 9.01. The zero-order chi connectivity index (χ0) is 35.6. The molecular weight excluding hydrogens is 653 g/mol. The van der Waals surface area contributed by atoms with Crippen LogP contribution in [0.1, 0.15) is 19.4 Å². The molecule has 0 amide bonds. The lowest BCUT2D eigenvalue weighted by Crippen LogP contribution is -2.56. The maximum atomic E-state index is 13.6. The quantitative estimate of drug-likeness (QED) is 0.0962. The monoisotopic (exact) mass is 697 g/mol. The summed E-state index contributed by atoms with van der Waals surface area (Å²) < 4.78 is 19.5. The van der Waals surface area contributed by atoms with Crippen LogP contribution in [0, 0.1) is 0 Å². The van der Waals surface area contributed by atoms with Crippen LogP contribution < -0.4 is 31.3 Å². The van der Waals surface area contributed by atoms with Crippen molar-refractivity contribution in [2.75, 3.05) is 75.8 Å². The molecule has 0 radical (unpaired) electrons. The highest BCUT2D eigenvalue weighted by Gasteiger charge is 2.31. The molecule has 0 spiro atoms. The van der Waals surface area contributed by atoms with Gasteiger partial charge in [-0.15, -0.1) is 0 Å². The van der Waals surface area contributed by atoms with Crippen LogP contribution in [0.25, 0.3) is 27.6 Å². The van der Waals surface area contributed by atoms with Crippen LogP contribution >= 0.6 is 7.14 Å².